The van der Waals surface area contributed by atoms with E-state index in [1.807, 2.05) is 0 Å². The van der Waals surface area contributed by atoms with Crippen LogP contribution in [0.2, 0.25) is 0 Å². The van der Waals surface area contributed by atoms with Gasteiger partial charge in [-0.05, 0) is 29.8 Å². The highest BCUT2D eigenvalue weighted by molar-refractivity contribution is 7.11. The van der Waals surface area contributed by atoms with Crippen LogP contribution in [0.4, 0.5) is 14.5 Å². The van der Waals surface area contributed by atoms with E-state index >= 15 is 0 Å². The molecule has 2 aromatic heterocycles. The minimum absolute atomic E-state index is 0.0544. The first-order valence-electron chi connectivity index (χ1n) is 7.91. The van der Waals surface area contributed by atoms with Gasteiger partial charge in [0.25, 0.3) is 5.91 Å². The molecule has 0 bridgehead atoms. The fourth-order valence-corrected chi connectivity index (χ4v) is 3.06. The number of aromatic nitrogens is 3. The first kappa shape index (κ1) is 17.0. The van der Waals surface area contributed by atoms with E-state index in [1.165, 1.54) is 47.3 Å². The van der Waals surface area contributed by atoms with Crippen molar-refractivity contribution in [1.29, 1.82) is 0 Å². The zero-order valence-electron chi connectivity index (χ0n) is 13.7. The third kappa shape index (κ3) is 3.61. The average Bonchev–Trinajstić information content (AvgIpc) is 3.32. The van der Waals surface area contributed by atoms with Crippen LogP contribution in [0, 0.1) is 11.6 Å². The average molecular weight is 382 g/mol. The molecule has 1 amide bonds. The van der Waals surface area contributed by atoms with Crippen LogP contribution < -0.4 is 5.32 Å². The summed E-state index contributed by atoms with van der Waals surface area (Å²) in [6, 6.07) is 8.81. The molecule has 4 aromatic rings. The number of hydrogen-bond acceptors (Lipinski definition) is 4. The zero-order chi connectivity index (χ0) is 18.8. The van der Waals surface area contributed by atoms with Crippen molar-refractivity contribution in [3.8, 4) is 0 Å². The van der Waals surface area contributed by atoms with Crippen LogP contribution in [0.5, 0.6) is 0 Å². The summed E-state index contributed by atoms with van der Waals surface area (Å²) in [6.45, 7) is 0. The SMILES string of the molecule is O=C(Nc1cc2c(C=Cc3ccc(F)cc3)n[nH]c2cc1F)c1cncs1. The molecule has 0 unspecified atom stereocenters. The van der Waals surface area contributed by atoms with Crippen molar-refractivity contribution in [2.45, 2.75) is 0 Å². The van der Waals surface area contributed by atoms with Crippen LogP contribution in [0.15, 0.2) is 48.1 Å². The van der Waals surface area contributed by atoms with Crippen molar-refractivity contribution < 1.29 is 13.6 Å². The van der Waals surface area contributed by atoms with Gasteiger partial charge in [0, 0.05) is 11.5 Å². The number of hydrogen-bond donors (Lipinski definition) is 2. The lowest BCUT2D eigenvalue weighted by molar-refractivity contribution is 0.103. The lowest BCUT2D eigenvalue weighted by atomic mass is 10.1. The molecule has 0 saturated carbocycles. The second-order valence-electron chi connectivity index (χ2n) is 5.69. The van der Waals surface area contributed by atoms with Crippen molar-refractivity contribution >= 4 is 46.0 Å². The maximum absolute atomic E-state index is 14.3. The molecule has 27 heavy (non-hydrogen) atoms. The standard InChI is InChI=1S/C19H12F2N4OS/c20-12-4-1-11(2-5-12)3-6-15-13-7-17(14(21)8-16(13)25-24-15)23-19(26)18-9-22-10-27-18/h1-10H,(H,23,26)(H,24,25). The summed E-state index contributed by atoms with van der Waals surface area (Å²) in [5.41, 5.74) is 3.46. The van der Waals surface area contributed by atoms with Crippen molar-refractivity contribution in [1.82, 2.24) is 15.2 Å². The van der Waals surface area contributed by atoms with Crippen LogP contribution in [-0.4, -0.2) is 21.1 Å². The molecule has 134 valence electrons. The number of rotatable bonds is 4. The van der Waals surface area contributed by atoms with E-state index < -0.39 is 11.7 Å². The zero-order valence-corrected chi connectivity index (χ0v) is 14.6. The van der Waals surface area contributed by atoms with E-state index in [-0.39, 0.29) is 11.5 Å². The van der Waals surface area contributed by atoms with Crippen LogP contribution in [-0.2, 0) is 0 Å². The Labute approximate surface area is 156 Å². The molecule has 2 heterocycles. The molecular formula is C19H12F2N4OS. The number of aromatic amines is 1. The summed E-state index contributed by atoms with van der Waals surface area (Å²) < 4.78 is 27.3. The lowest BCUT2D eigenvalue weighted by Crippen LogP contribution is -2.11. The summed E-state index contributed by atoms with van der Waals surface area (Å²) >= 11 is 1.17. The van der Waals surface area contributed by atoms with E-state index in [4.69, 9.17) is 0 Å². The van der Waals surface area contributed by atoms with Gasteiger partial charge >= 0.3 is 0 Å². The van der Waals surface area contributed by atoms with Gasteiger partial charge in [-0.15, -0.1) is 11.3 Å². The Kier molecular flexibility index (Phi) is 4.47. The molecule has 0 aliphatic heterocycles. The number of H-pyrrole nitrogens is 1. The van der Waals surface area contributed by atoms with Gasteiger partial charge in [-0.2, -0.15) is 5.10 Å². The van der Waals surface area contributed by atoms with Crippen molar-refractivity contribution in [2.24, 2.45) is 0 Å². The summed E-state index contributed by atoms with van der Waals surface area (Å²) in [5, 5.41) is 10.1. The summed E-state index contributed by atoms with van der Waals surface area (Å²) in [6.07, 6.45) is 4.93. The van der Waals surface area contributed by atoms with E-state index in [0.717, 1.165) is 5.56 Å². The van der Waals surface area contributed by atoms with Gasteiger partial charge in [-0.25, -0.2) is 8.78 Å². The topological polar surface area (TPSA) is 70.7 Å². The van der Waals surface area contributed by atoms with Gasteiger partial charge in [0.1, 0.15) is 16.5 Å². The normalized spacial score (nSPS) is 11.3. The lowest BCUT2D eigenvalue weighted by Gasteiger charge is -2.05. The maximum Gasteiger partial charge on any atom is 0.267 e. The van der Waals surface area contributed by atoms with Gasteiger partial charge in [0.05, 0.1) is 28.6 Å². The molecule has 0 aliphatic carbocycles. The number of nitrogens with zero attached hydrogens (tertiary/aromatic N) is 2. The highest BCUT2D eigenvalue weighted by Crippen LogP contribution is 2.26. The monoisotopic (exact) mass is 382 g/mol. The number of benzene rings is 2. The molecule has 2 aromatic carbocycles. The summed E-state index contributed by atoms with van der Waals surface area (Å²) in [4.78, 5) is 16.4. The van der Waals surface area contributed by atoms with Crippen molar-refractivity contribution in [3.05, 3.63) is 75.9 Å². The number of fused-ring (bicyclic) bond motifs is 1. The highest BCUT2D eigenvalue weighted by Gasteiger charge is 2.14. The molecule has 0 atom stereocenters. The smallest absolute Gasteiger partial charge is 0.267 e. The Hall–Kier alpha value is -3.39. The number of anilines is 1. The number of carbonyl (C=O) groups excluding carboxylic acids is 1. The van der Waals surface area contributed by atoms with Crippen molar-refractivity contribution in [2.75, 3.05) is 5.32 Å². The van der Waals surface area contributed by atoms with Gasteiger partial charge in [0.2, 0.25) is 0 Å². The number of carbonyl (C=O) groups is 1. The molecule has 5 nitrogen and oxygen atoms in total. The molecular weight excluding hydrogens is 370 g/mol. The predicted molar refractivity (Wildman–Crippen MR) is 101 cm³/mol. The van der Waals surface area contributed by atoms with E-state index in [1.54, 1.807) is 24.3 Å². The Morgan fingerprint density at radius 1 is 1.15 bits per heavy atom. The van der Waals surface area contributed by atoms with E-state index in [9.17, 15) is 13.6 Å². The molecule has 8 heteroatoms. The van der Waals surface area contributed by atoms with Gasteiger partial charge in [0.15, 0.2) is 0 Å². The molecule has 0 spiro atoms. The molecule has 0 aliphatic rings. The molecule has 2 N–H and O–H groups in total. The first-order valence-corrected chi connectivity index (χ1v) is 8.79. The Balaban J connectivity index is 1.65. The summed E-state index contributed by atoms with van der Waals surface area (Å²) in [7, 11) is 0. The molecule has 4 rings (SSSR count). The van der Waals surface area contributed by atoms with Crippen LogP contribution in [0.3, 0.4) is 0 Å². The minimum atomic E-state index is -0.571. The Bertz CT molecular complexity index is 1130. The van der Waals surface area contributed by atoms with E-state index in [0.29, 0.717) is 21.5 Å². The van der Waals surface area contributed by atoms with Gasteiger partial charge < -0.3 is 5.32 Å². The number of thiazole rings is 1. The Morgan fingerprint density at radius 3 is 2.70 bits per heavy atom. The number of nitrogens with one attached hydrogen (secondary N) is 2. The second-order valence-corrected chi connectivity index (χ2v) is 6.58. The highest BCUT2D eigenvalue weighted by atomic mass is 32.1. The molecule has 0 radical (unpaired) electrons. The van der Waals surface area contributed by atoms with Crippen LogP contribution in [0.25, 0.3) is 23.1 Å². The Morgan fingerprint density at radius 2 is 1.96 bits per heavy atom. The quantitative estimate of drug-likeness (QED) is 0.536. The molecule has 0 fully saturated rings. The minimum Gasteiger partial charge on any atom is -0.319 e. The van der Waals surface area contributed by atoms with Crippen LogP contribution >= 0.6 is 11.3 Å². The third-order valence-electron chi connectivity index (χ3n) is 3.89. The van der Waals surface area contributed by atoms with Gasteiger partial charge in [-0.3, -0.25) is 14.9 Å². The van der Waals surface area contributed by atoms with Gasteiger partial charge in [-0.1, -0.05) is 18.2 Å². The van der Waals surface area contributed by atoms with E-state index in [2.05, 4.69) is 20.5 Å². The summed E-state index contributed by atoms with van der Waals surface area (Å²) in [5.74, 6) is -1.31. The number of halogens is 2. The number of amides is 1. The maximum atomic E-state index is 14.3. The second kappa shape index (κ2) is 7.08. The fourth-order valence-electron chi connectivity index (χ4n) is 2.54. The third-order valence-corrected chi connectivity index (χ3v) is 4.66. The predicted octanol–water partition coefficient (Wildman–Crippen LogP) is 4.72. The van der Waals surface area contributed by atoms with Crippen molar-refractivity contribution in [3.63, 3.8) is 0 Å². The van der Waals surface area contributed by atoms with Crippen LogP contribution in [0.1, 0.15) is 20.9 Å². The largest absolute Gasteiger partial charge is 0.319 e. The fraction of sp³-hybridized carbons (Fsp3) is 0. The first-order chi connectivity index (χ1) is 13.1. The molecule has 0 saturated heterocycles.